The quantitative estimate of drug-likeness (QED) is 0.699. The number of carbonyl (C=O) groups excluding carboxylic acids is 1. The summed E-state index contributed by atoms with van der Waals surface area (Å²) in [4.78, 5) is 11.5. The molecule has 0 aromatic carbocycles. The third kappa shape index (κ3) is 4.00. The fourth-order valence-corrected chi connectivity index (χ4v) is 1.13. The van der Waals surface area contributed by atoms with Crippen LogP contribution in [0.3, 0.4) is 0 Å². The second-order valence-electron chi connectivity index (χ2n) is 2.93. The molecular formula is C10H16N2O4. The summed E-state index contributed by atoms with van der Waals surface area (Å²) in [6.07, 6.45) is 0.920. The maximum atomic E-state index is 11.5. The Bertz CT molecular complexity index is 294. The maximum Gasteiger partial charge on any atom is 0.273 e. The highest BCUT2D eigenvalue weighted by atomic mass is 16.7. The van der Waals surface area contributed by atoms with Gasteiger partial charge in [0.15, 0.2) is 12.0 Å². The predicted molar refractivity (Wildman–Crippen MR) is 55.9 cm³/mol. The molecule has 0 aliphatic heterocycles. The molecule has 1 aromatic heterocycles. The first-order valence-corrected chi connectivity index (χ1v) is 5.19. The molecule has 1 heterocycles. The molecule has 0 atom stereocenters. The fraction of sp³-hybridized carbons (Fsp3) is 0.600. The number of rotatable bonds is 7. The lowest BCUT2D eigenvalue weighted by Crippen LogP contribution is -2.35. The summed E-state index contributed by atoms with van der Waals surface area (Å²) in [5.41, 5.74) is 0.242. The molecule has 90 valence electrons. The van der Waals surface area contributed by atoms with Gasteiger partial charge in [-0.05, 0) is 13.8 Å². The number of hydrogen-bond donors (Lipinski definition) is 1. The largest absolute Gasteiger partial charge is 0.364 e. The van der Waals surface area contributed by atoms with Gasteiger partial charge in [-0.25, -0.2) is 0 Å². The van der Waals surface area contributed by atoms with Crippen molar-refractivity contribution in [1.29, 1.82) is 0 Å². The van der Waals surface area contributed by atoms with Gasteiger partial charge in [-0.1, -0.05) is 5.16 Å². The van der Waals surface area contributed by atoms with Crippen molar-refractivity contribution in [2.24, 2.45) is 0 Å². The second-order valence-corrected chi connectivity index (χ2v) is 2.93. The minimum absolute atomic E-state index is 0.242. The highest BCUT2D eigenvalue weighted by Gasteiger charge is 2.12. The van der Waals surface area contributed by atoms with Crippen molar-refractivity contribution in [3.8, 4) is 0 Å². The third-order valence-electron chi connectivity index (χ3n) is 1.80. The molecule has 0 aliphatic carbocycles. The molecule has 16 heavy (non-hydrogen) atoms. The summed E-state index contributed by atoms with van der Waals surface area (Å²) in [7, 11) is 0. The van der Waals surface area contributed by atoms with Crippen LogP contribution < -0.4 is 5.32 Å². The molecule has 0 bridgehead atoms. The highest BCUT2D eigenvalue weighted by Crippen LogP contribution is 1.96. The van der Waals surface area contributed by atoms with Gasteiger partial charge >= 0.3 is 0 Å². The first-order valence-electron chi connectivity index (χ1n) is 5.19. The SMILES string of the molecule is CCOC(CNC(=O)c1ccon1)OCC. The Morgan fingerprint density at radius 2 is 2.19 bits per heavy atom. The maximum absolute atomic E-state index is 11.5. The number of hydrogen-bond acceptors (Lipinski definition) is 5. The van der Waals surface area contributed by atoms with E-state index < -0.39 is 6.29 Å². The molecule has 1 N–H and O–H groups in total. The van der Waals surface area contributed by atoms with Crippen LogP contribution in [-0.2, 0) is 9.47 Å². The average molecular weight is 228 g/mol. The molecule has 0 saturated carbocycles. The van der Waals surface area contributed by atoms with E-state index in [1.54, 1.807) is 0 Å². The number of nitrogens with one attached hydrogen (secondary N) is 1. The average Bonchev–Trinajstić information content (AvgIpc) is 2.79. The molecular weight excluding hydrogens is 212 g/mol. The Balaban J connectivity index is 2.34. The summed E-state index contributed by atoms with van der Waals surface area (Å²) in [6.45, 7) is 5.08. The van der Waals surface area contributed by atoms with E-state index in [2.05, 4.69) is 15.0 Å². The van der Waals surface area contributed by atoms with E-state index in [-0.39, 0.29) is 18.1 Å². The molecule has 1 rings (SSSR count). The number of nitrogens with zero attached hydrogens (tertiary/aromatic N) is 1. The van der Waals surface area contributed by atoms with Gasteiger partial charge < -0.3 is 19.3 Å². The van der Waals surface area contributed by atoms with Crippen LogP contribution in [-0.4, -0.2) is 37.1 Å². The summed E-state index contributed by atoms with van der Waals surface area (Å²) in [5.74, 6) is -0.307. The van der Waals surface area contributed by atoms with Crippen LogP contribution in [0, 0.1) is 0 Å². The van der Waals surface area contributed by atoms with Crippen LogP contribution in [0.1, 0.15) is 24.3 Å². The predicted octanol–water partition coefficient (Wildman–Crippen LogP) is 0.803. The van der Waals surface area contributed by atoms with Crippen LogP contribution in [0.25, 0.3) is 0 Å². The van der Waals surface area contributed by atoms with E-state index >= 15 is 0 Å². The molecule has 0 spiro atoms. The molecule has 1 aromatic rings. The Kier molecular flexibility index (Phi) is 5.52. The summed E-state index contributed by atoms with van der Waals surface area (Å²) < 4.78 is 15.1. The minimum Gasteiger partial charge on any atom is -0.364 e. The normalized spacial score (nSPS) is 10.7. The van der Waals surface area contributed by atoms with Crippen molar-refractivity contribution in [2.75, 3.05) is 19.8 Å². The van der Waals surface area contributed by atoms with Crippen molar-refractivity contribution >= 4 is 5.91 Å². The Hall–Kier alpha value is -1.40. The smallest absolute Gasteiger partial charge is 0.273 e. The van der Waals surface area contributed by atoms with Gasteiger partial charge in [-0.2, -0.15) is 0 Å². The summed E-state index contributed by atoms with van der Waals surface area (Å²) in [5, 5.41) is 6.16. The van der Waals surface area contributed by atoms with Gasteiger partial charge in [0.05, 0.1) is 6.54 Å². The van der Waals surface area contributed by atoms with Crippen molar-refractivity contribution < 1.29 is 18.8 Å². The van der Waals surface area contributed by atoms with Gasteiger partial charge in [0.2, 0.25) is 0 Å². The first-order chi connectivity index (χ1) is 7.77. The van der Waals surface area contributed by atoms with Gasteiger partial charge in [0.1, 0.15) is 6.26 Å². The number of ether oxygens (including phenoxy) is 2. The van der Waals surface area contributed by atoms with E-state index in [9.17, 15) is 4.79 Å². The molecule has 0 radical (unpaired) electrons. The van der Waals surface area contributed by atoms with E-state index in [1.165, 1.54) is 12.3 Å². The topological polar surface area (TPSA) is 73.6 Å². The number of amides is 1. The monoisotopic (exact) mass is 228 g/mol. The van der Waals surface area contributed by atoms with Crippen LogP contribution >= 0.6 is 0 Å². The van der Waals surface area contributed by atoms with E-state index in [0.29, 0.717) is 13.2 Å². The van der Waals surface area contributed by atoms with Crippen LogP contribution in [0.4, 0.5) is 0 Å². The molecule has 6 heteroatoms. The van der Waals surface area contributed by atoms with Gasteiger partial charge in [-0.15, -0.1) is 0 Å². The molecule has 0 fully saturated rings. The van der Waals surface area contributed by atoms with Crippen molar-refractivity contribution in [3.63, 3.8) is 0 Å². The Labute approximate surface area is 93.9 Å². The zero-order valence-corrected chi connectivity index (χ0v) is 9.43. The fourth-order valence-electron chi connectivity index (χ4n) is 1.13. The van der Waals surface area contributed by atoms with Crippen molar-refractivity contribution in [1.82, 2.24) is 10.5 Å². The highest BCUT2D eigenvalue weighted by molar-refractivity contribution is 5.91. The van der Waals surface area contributed by atoms with E-state index in [4.69, 9.17) is 9.47 Å². The number of aromatic nitrogens is 1. The van der Waals surface area contributed by atoms with E-state index in [1.807, 2.05) is 13.8 Å². The zero-order valence-electron chi connectivity index (χ0n) is 9.43. The summed E-state index contributed by atoms with van der Waals surface area (Å²) >= 11 is 0. The van der Waals surface area contributed by atoms with Crippen LogP contribution in [0.5, 0.6) is 0 Å². The van der Waals surface area contributed by atoms with Crippen molar-refractivity contribution in [3.05, 3.63) is 18.0 Å². The summed E-state index contributed by atoms with van der Waals surface area (Å²) in [6, 6.07) is 1.49. The lowest BCUT2D eigenvalue weighted by Gasteiger charge is -2.16. The molecule has 0 aliphatic rings. The standard InChI is InChI=1S/C10H16N2O4/c1-3-14-9(15-4-2)7-11-10(13)8-5-6-16-12-8/h5-6,9H,3-4,7H2,1-2H3,(H,11,13). The first kappa shape index (κ1) is 12.7. The Morgan fingerprint density at radius 1 is 1.50 bits per heavy atom. The molecule has 1 amide bonds. The van der Waals surface area contributed by atoms with Crippen LogP contribution in [0.15, 0.2) is 16.9 Å². The van der Waals surface area contributed by atoms with E-state index in [0.717, 1.165) is 0 Å². The van der Waals surface area contributed by atoms with Crippen molar-refractivity contribution in [2.45, 2.75) is 20.1 Å². The van der Waals surface area contributed by atoms with Gasteiger partial charge in [0.25, 0.3) is 5.91 Å². The lowest BCUT2D eigenvalue weighted by molar-refractivity contribution is -0.131. The minimum atomic E-state index is -0.425. The third-order valence-corrected chi connectivity index (χ3v) is 1.80. The lowest BCUT2D eigenvalue weighted by atomic mass is 10.4. The Morgan fingerprint density at radius 3 is 2.69 bits per heavy atom. The molecule has 0 saturated heterocycles. The van der Waals surface area contributed by atoms with Gasteiger partial charge in [-0.3, -0.25) is 4.79 Å². The molecule has 6 nitrogen and oxygen atoms in total. The second kappa shape index (κ2) is 6.97. The van der Waals surface area contributed by atoms with Crippen LogP contribution in [0.2, 0.25) is 0 Å². The van der Waals surface area contributed by atoms with Gasteiger partial charge in [0, 0.05) is 19.3 Å². The number of carbonyl (C=O) groups is 1. The zero-order chi connectivity index (χ0) is 11.8. The molecule has 0 unspecified atom stereocenters.